The Labute approximate surface area is 96.0 Å². The van der Waals surface area contributed by atoms with Crippen LogP contribution in [-0.4, -0.2) is 25.4 Å². The van der Waals surface area contributed by atoms with Gasteiger partial charge in [-0.2, -0.15) is 0 Å². The van der Waals surface area contributed by atoms with Gasteiger partial charge in [-0.15, -0.1) is 0 Å². The summed E-state index contributed by atoms with van der Waals surface area (Å²) in [5.74, 6) is 2.28. The van der Waals surface area contributed by atoms with Crippen molar-refractivity contribution < 1.29 is 14.6 Å². The zero-order valence-electron chi connectivity index (χ0n) is 9.93. The van der Waals surface area contributed by atoms with Gasteiger partial charge in [0.15, 0.2) is 11.5 Å². The molecule has 0 amide bonds. The van der Waals surface area contributed by atoms with Gasteiger partial charge in [0.05, 0.1) is 20.3 Å². The SMILES string of the molecule is COc1ccc(C2CC(O)C2C)cc1OC. The van der Waals surface area contributed by atoms with E-state index in [1.54, 1.807) is 14.2 Å². The first kappa shape index (κ1) is 11.3. The molecule has 1 aliphatic carbocycles. The van der Waals surface area contributed by atoms with Crippen molar-refractivity contribution in [3.05, 3.63) is 23.8 Å². The molecule has 16 heavy (non-hydrogen) atoms. The summed E-state index contributed by atoms with van der Waals surface area (Å²) in [6.07, 6.45) is 0.689. The summed E-state index contributed by atoms with van der Waals surface area (Å²) in [6.45, 7) is 2.08. The molecule has 1 saturated carbocycles. The van der Waals surface area contributed by atoms with Gasteiger partial charge in [-0.05, 0) is 36.0 Å². The molecule has 3 nitrogen and oxygen atoms in total. The Morgan fingerprint density at radius 3 is 2.38 bits per heavy atom. The minimum atomic E-state index is -0.155. The molecule has 88 valence electrons. The molecule has 1 aliphatic rings. The highest BCUT2D eigenvalue weighted by atomic mass is 16.5. The van der Waals surface area contributed by atoms with Crippen molar-refractivity contribution in [2.45, 2.75) is 25.4 Å². The van der Waals surface area contributed by atoms with Gasteiger partial charge in [-0.1, -0.05) is 13.0 Å². The molecule has 1 N–H and O–H groups in total. The van der Waals surface area contributed by atoms with E-state index in [1.807, 2.05) is 12.1 Å². The molecular weight excluding hydrogens is 204 g/mol. The molecule has 1 fully saturated rings. The molecule has 3 heteroatoms. The van der Waals surface area contributed by atoms with Gasteiger partial charge in [-0.3, -0.25) is 0 Å². The van der Waals surface area contributed by atoms with E-state index in [4.69, 9.17) is 9.47 Å². The highest BCUT2D eigenvalue weighted by Crippen LogP contribution is 2.44. The summed E-state index contributed by atoms with van der Waals surface area (Å²) in [7, 11) is 3.27. The third kappa shape index (κ3) is 1.76. The van der Waals surface area contributed by atoms with Gasteiger partial charge in [0, 0.05) is 0 Å². The first-order valence-corrected chi connectivity index (χ1v) is 5.57. The quantitative estimate of drug-likeness (QED) is 0.852. The van der Waals surface area contributed by atoms with Crippen LogP contribution in [0.2, 0.25) is 0 Å². The molecule has 3 atom stereocenters. The second-order valence-electron chi connectivity index (χ2n) is 4.38. The van der Waals surface area contributed by atoms with Gasteiger partial charge in [-0.25, -0.2) is 0 Å². The summed E-state index contributed by atoms with van der Waals surface area (Å²) in [5, 5.41) is 9.52. The van der Waals surface area contributed by atoms with Crippen LogP contribution in [0, 0.1) is 5.92 Å². The second-order valence-corrected chi connectivity index (χ2v) is 4.38. The average molecular weight is 222 g/mol. The smallest absolute Gasteiger partial charge is 0.160 e. The zero-order chi connectivity index (χ0) is 11.7. The number of hydrogen-bond acceptors (Lipinski definition) is 3. The minimum absolute atomic E-state index is 0.155. The van der Waals surface area contributed by atoms with Gasteiger partial charge >= 0.3 is 0 Å². The Bertz CT molecular complexity index is 375. The van der Waals surface area contributed by atoms with Crippen LogP contribution in [0.1, 0.15) is 24.8 Å². The van der Waals surface area contributed by atoms with Crippen molar-refractivity contribution in [3.8, 4) is 11.5 Å². The minimum Gasteiger partial charge on any atom is -0.493 e. The van der Waals surface area contributed by atoms with E-state index in [-0.39, 0.29) is 6.10 Å². The number of methoxy groups -OCH3 is 2. The largest absolute Gasteiger partial charge is 0.493 e. The molecule has 3 unspecified atom stereocenters. The lowest BCUT2D eigenvalue weighted by molar-refractivity contribution is 0.0116. The number of aliphatic hydroxyl groups excluding tert-OH is 1. The first-order chi connectivity index (χ1) is 7.67. The van der Waals surface area contributed by atoms with Crippen LogP contribution >= 0.6 is 0 Å². The Hall–Kier alpha value is -1.22. The lowest BCUT2D eigenvalue weighted by Crippen LogP contribution is -2.37. The van der Waals surface area contributed by atoms with Gasteiger partial charge < -0.3 is 14.6 Å². The average Bonchev–Trinajstić information content (AvgIpc) is 2.34. The number of aliphatic hydroxyl groups is 1. The maximum Gasteiger partial charge on any atom is 0.160 e. The van der Waals surface area contributed by atoms with E-state index < -0.39 is 0 Å². The lowest BCUT2D eigenvalue weighted by Gasteiger charge is -2.39. The van der Waals surface area contributed by atoms with Crippen molar-refractivity contribution in [2.75, 3.05) is 14.2 Å². The van der Waals surface area contributed by atoms with Gasteiger partial charge in [0.1, 0.15) is 0 Å². The number of hydrogen-bond donors (Lipinski definition) is 1. The Balaban J connectivity index is 2.23. The van der Waals surface area contributed by atoms with E-state index in [1.165, 1.54) is 5.56 Å². The van der Waals surface area contributed by atoms with Gasteiger partial charge in [0.25, 0.3) is 0 Å². The molecule has 0 saturated heterocycles. The Morgan fingerprint density at radius 1 is 1.19 bits per heavy atom. The van der Waals surface area contributed by atoms with Crippen molar-refractivity contribution in [1.82, 2.24) is 0 Å². The van der Waals surface area contributed by atoms with E-state index in [0.717, 1.165) is 17.9 Å². The van der Waals surface area contributed by atoms with E-state index >= 15 is 0 Å². The van der Waals surface area contributed by atoms with E-state index in [0.29, 0.717) is 11.8 Å². The monoisotopic (exact) mass is 222 g/mol. The Kier molecular flexibility index (Phi) is 3.06. The standard InChI is InChI=1S/C13H18O3/c1-8-10(7-11(8)14)9-4-5-12(15-2)13(6-9)16-3/h4-6,8,10-11,14H,7H2,1-3H3. The summed E-state index contributed by atoms with van der Waals surface area (Å²) >= 11 is 0. The second kappa shape index (κ2) is 4.34. The fourth-order valence-electron chi connectivity index (χ4n) is 2.28. The first-order valence-electron chi connectivity index (χ1n) is 5.57. The summed E-state index contributed by atoms with van der Waals surface area (Å²) in [5.41, 5.74) is 1.22. The third-order valence-corrected chi connectivity index (χ3v) is 3.57. The van der Waals surface area contributed by atoms with Crippen molar-refractivity contribution in [2.24, 2.45) is 5.92 Å². The van der Waals surface area contributed by atoms with Crippen LogP contribution in [0.5, 0.6) is 11.5 Å². The van der Waals surface area contributed by atoms with E-state index in [9.17, 15) is 5.11 Å². The predicted molar refractivity (Wildman–Crippen MR) is 62.1 cm³/mol. The molecule has 1 aromatic carbocycles. The number of rotatable bonds is 3. The van der Waals surface area contributed by atoms with Crippen molar-refractivity contribution in [3.63, 3.8) is 0 Å². The fourth-order valence-corrected chi connectivity index (χ4v) is 2.28. The van der Waals surface area contributed by atoms with Crippen LogP contribution in [0.15, 0.2) is 18.2 Å². The van der Waals surface area contributed by atoms with E-state index in [2.05, 4.69) is 13.0 Å². The molecule has 0 aromatic heterocycles. The maximum atomic E-state index is 9.52. The molecule has 1 aromatic rings. The lowest BCUT2D eigenvalue weighted by atomic mass is 9.69. The van der Waals surface area contributed by atoms with Crippen LogP contribution in [0.4, 0.5) is 0 Å². The summed E-state index contributed by atoms with van der Waals surface area (Å²) in [6, 6.07) is 5.98. The van der Waals surface area contributed by atoms with Gasteiger partial charge in [0.2, 0.25) is 0 Å². The van der Waals surface area contributed by atoms with Crippen LogP contribution in [-0.2, 0) is 0 Å². The predicted octanol–water partition coefficient (Wildman–Crippen LogP) is 2.19. The van der Waals surface area contributed by atoms with Crippen molar-refractivity contribution >= 4 is 0 Å². The maximum absolute atomic E-state index is 9.52. The highest BCUT2D eigenvalue weighted by molar-refractivity contribution is 5.44. The van der Waals surface area contributed by atoms with Crippen LogP contribution in [0.3, 0.4) is 0 Å². The summed E-state index contributed by atoms with van der Waals surface area (Å²) < 4.78 is 10.5. The topological polar surface area (TPSA) is 38.7 Å². The zero-order valence-corrected chi connectivity index (χ0v) is 9.93. The Morgan fingerprint density at radius 2 is 1.88 bits per heavy atom. The third-order valence-electron chi connectivity index (χ3n) is 3.57. The van der Waals surface area contributed by atoms with Crippen LogP contribution < -0.4 is 9.47 Å². The number of ether oxygens (including phenoxy) is 2. The van der Waals surface area contributed by atoms with Crippen molar-refractivity contribution in [1.29, 1.82) is 0 Å². The molecule has 2 rings (SSSR count). The molecule has 0 heterocycles. The number of benzene rings is 1. The fraction of sp³-hybridized carbons (Fsp3) is 0.538. The highest BCUT2D eigenvalue weighted by Gasteiger charge is 2.37. The molecule has 0 radical (unpaired) electrons. The molecule has 0 spiro atoms. The molecule has 0 aliphatic heterocycles. The molecular formula is C13H18O3. The summed E-state index contributed by atoms with van der Waals surface area (Å²) in [4.78, 5) is 0. The molecule has 0 bridgehead atoms. The van der Waals surface area contributed by atoms with Crippen LogP contribution in [0.25, 0.3) is 0 Å². The normalized spacial score (nSPS) is 28.4.